The molecule has 1 aromatic heterocycles. The Kier molecular flexibility index (Phi) is 3.79. The fourth-order valence-corrected chi connectivity index (χ4v) is 2.03. The van der Waals surface area contributed by atoms with Crippen LogP contribution >= 0.6 is 0 Å². The Morgan fingerprint density at radius 1 is 1.61 bits per heavy atom. The van der Waals surface area contributed by atoms with Crippen LogP contribution in [0.2, 0.25) is 0 Å². The molecule has 1 aliphatic carbocycles. The summed E-state index contributed by atoms with van der Waals surface area (Å²) >= 11 is 0. The van der Waals surface area contributed by atoms with E-state index >= 15 is 0 Å². The molecule has 0 atom stereocenters. The van der Waals surface area contributed by atoms with E-state index in [2.05, 4.69) is 10.3 Å². The van der Waals surface area contributed by atoms with Gasteiger partial charge in [0.1, 0.15) is 0 Å². The first-order chi connectivity index (χ1) is 8.65. The molecule has 0 saturated heterocycles. The molecular formula is C13H18FN3O. The second-order valence-corrected chi connectivity index (χ2v) is 4.55. The van der Waals surface area contributed by atoms with Gasteiger partial charge in [0.05, 0.1) is 5.56 Å². The SMILES string of the molecule is CCNc1nccc(C(=O)N(C)C2CCC2)c1F. The normalized spacial score (nSPS) is 15.1. The van der Waals surface area contributed by atoms with Gasteiger partial charge in [-0.2, -0.15) is 0 Å². The highest BCUT2D eigenvalue weighted by Gasteiger charge is 2.28. The molecule has 0 unspecified atom stereocenters. The van der Waals surface area contributed by atoms with Crippen LogP contribution in [0, 0.1) is 5.82 Å². The minimum Gasteiger partial charge on any atom is -0.368 e. The molecule has 0 radical (unpaired) electrons. The number of hydrogen-bond acceptors (Lipinski definition) is 3. The summed E-state index contributed by atoms with van der Waals surface area (Å²) in [7, 11) is 1.74. The third-order valence-electron chi connectivity index (χ3n) is 3.41. The van der Waals surface area contributed by atoms with Crippen LogP contribution in [0.4, 0.5) is 10.2 Å². The molecule has 98 valence electrons. The maximum Gasteiger partial charge on any atom is 0.257 e. The van der Waals surface area contributed by atoms with Crippen molar-refractivity contribution in [3.63, 3.8) is 0 Å². The maximum absolute atomic E-state index is 14.1. The van der Waals surface area contributed by atoms with Gasteiger partial charge in [-0.15, -0.1) is 0 Å². The summed E-state index contributed by atoms with van der Waals surface area (Å²) in [6.07, 6.45) is 4.62. The number of carbonyl (C=O) groups excluding carboxylic acids is 1. The number of pyridine rings is 1. The number of rotatable bonds is 4. The van der Waals surface area contributed by atoms with Crippen LogP contribution in [0.3, 0.4) is 0 Å². The van der Waals surface area contributed by atoms with Crippen LogP contribution in [0.5, 0.6) is 0 Å². The molecule has 2 rings (SSSR count). The number of halogens is 1. The van der Waals surface area contributed by atoms with Gasteiger partial charge in [-0.3, -0.25) is 4.79 Å². The minimum absolute atomic E-state index is 0.0929. The molecular weight excluding hydrogens is 233 g/mol. The van der Waals surface area contributed by atoms with E-state index in [1.165, 1.54) is 12.3 Å². The topological polar surface area (TPSA) is 45.2 Å². The highest BCUT2D eigenvalue weighted by molar-refractivity contribution is 5.95. The Bertz CT molecular complexity index is 446. The van der Waals surface area contributed by atoms with E-state index in [1.54, 1.807) is 11.9 Å². The first-order valence-electron chi connectivity index (χ1n) is 6.30. The van der Waals surface area contributed by atoms with Gasteiger partial charge in [0.25, 0.3) is 5.91 Å². The molecule has 1 heterocycles. The molecule has 1 N–H and O–H groups in total. The predicted octanol–water partition coefficient (Wildman–Crippen LogP) is 2.28. The van der Waals surface area contributed by atoms with Gasteiger partial charge >= 0.3 is 0 Å². The monoisotopic (exact) mass is 251 g/mol. The fourth-order valence-electron chi connectivity index (χ4n) is 2.03. The van der Waals surface area contributed by atoms with Crippen molar-refractivity contribution in [3.8, 4) is 0 Å². The average molecular weight is 251 g/mol. The largest absolute Gasteiger partial charge is 0.368 e. The van der Waals surface area contributed by atoms with Crippen molar-refractivity contribution in [2.24, 2.45) is 0 Å². The van der Waals surface area contributed by atoms with Gasteiger partial charge in [0, 0.05) is 25.8 Å². The Balaban J connectivity index is 2.21. The van der Waals surface area contributed by atoms with Gasteiger partial charge < -0.3 is 10.2 Å². The highest BCUT2D eigenvalue weighted by atomic mass is 19.1. The van der Waals surface area contributed by atoms with Crippen LogP contribution in [0.15, 0.2) is 12.3 Å². The molecule has 1 saturated carbocycles. The Labute approximate surface area is 106 Å². The Morgan fingerprint density at radius 2 is 2.33 bits per heavy atom. The molecule has 1 amide bonds. The van der Waals surface area contributed by atoms with Gasteiger partial charge in [-0.1, -0.05) is 0 Å². The van der Waals surface area contributed by atoms with Crippen LogP contribution in [-0.4, -0.2) is 35.4 Å². The summed E-state index contributed by atoms with van der Waals surface area (Å²) in [4.78, 5) is 17.7. The van der Waals surface area contributed by atoms with E-state index in [0.717, 1.165) is 19.3 Å². The van der Waals surface area contributed by atoms with Crippen molar-refractivity contribution in [1.82, 2.24) is 9.88 Å². The molecule has 0 bridgehead atoms. The van der Waals surface area contributed by atoms with Gasteiger partial charge in [0.2, 0.25) is 0 Å². The predicted molar refractivity (Wildman–Crippen MR) is 68.1 cm³/mol. The lowest BCUT2D eigenvalue weighted by Crippen LogP contribution is -2.41. The zero-order chi connectivity index (χ0) is 13.1. The van der Waals surface area contributed by atoms with E-state index in [0.29, 0.717) is 6.54 Å². The summed E-state index contributed by atoms with van der Waals surface area (Å²) in [6, 6.07) is 1.70. The van der Waals surface area contributed by atoms with Crippen molar-refractivity contribution >= 4 is 11.7 Å². The Morgan fingerprint density at radius 3 is 2.89 bits per heavy atom. The third-order valence-corrected chi connectivity index (χ3v) is 3.41. The summed E-state index contributed by atoms with van der Waals surface area (Å²) in [5.74, 6) is -0.681. The third kappa shape index (κ3) is 2.30. The number of amides is 1. The lowest BCUT2D eigenvalue weighted by atomic mass is 9.91. The first-order valence-corrected chi connectivity index (χ1v) is 6.30. The van der Waals surface area contributed by atoms with Crippen LogP contribution in [0.25, 0.3) is 0 Å². The lowest BCUT2D eigenvalue weighted by Gasteiger charge is -2.34. The maximum atomic E-state index is 14.1. The fraction of sp³-hybridized carbons (Fsp3) is 0.538. The van der Waals surface area contributed by atoms with E-state index in [1.807, 2.05) is 6.92 Å². The van der Waals surface area contributed by atoms with Crippen LogP contribution in [0.1, 0.15) is 36.5 Å². The summed E-state index contributed by atoms with van der Waals surface area (Å²) < 4.78 is 14.1. The number of hydrogen-bond donors (Lipinski definition) is 1. The van der Waals surface area contributed by atoms with Crippen molar-refractivity contribution < 1.29 is 9.18 Å². The van der Waals surface area contributed by atoms with Crippen LogP contribution in [-0.2, 0) is 0 Å². The number of anilines is 1. The second kappa shape index (κ2) is 5.33. The standard InChI is InChI=1S/C13H18FN3O/c1-3-15-12-11(14)10(7-8-16-12)13(18)17(2)9-5-4-6-9/h7-9H,3-6H2,1-2H3,(H,15,16). The first kappa shape index (κ1) is 12.8. The van der Waals surface area contributed by atoms with Gasteiger partial charge in [-0.25, -0.2) is 9.37 Å². The quantitative estimate of drug-likeness (QED) is 0.893. The second-order valence-electron chi connectivity index (χ2n) is 4.55. The molecule has 1 fully saturated rings. The smallest absolute Gasteiger partial charge is 0.257 e. The number of carbonyl (C=O) groups is 1. The van der Waals surface area contributed by atoms with E-state index < -0.39 is 5.82 Å². The molecule has 18 heavy (non-hydrogen) atoms. The van der Waals surface area contributed by atoms with E-state index in [-0.39, 0.29) is 23.3 Å². The summed E-state index contributed by atoms with van der Waals surface area (Å²) in [5.41, 5.74) is 0.0929. The van der Waals surface area contributed by atoms with Gasteiger partial charge in [0.15, 0.2) is 11.6 Å². The summed E-state index contributed by atoms with van der Waals surface area (Å²) in [6.45, 7) is 2.43. The zero-order valence-corrected chi connectivity index (χ0v) is 10.7. The zero-order valence-electron chi connectivity index (χ0n) is 10.7. The van der Waals surface area contributed by atoms with Crippen molar-refractivity contribution in [2.45, 2.75) is 32.2 Å². The van der Waals surface area contributed by atoms with Crippen molar-refractivity contribution in [1.29, 1.82) is 0 Å². The number of nitrogens with zero attached hydrogens (tertiary/aromatic N) is 2. The Hall–Kier alpha value is -1.65. The van der Waals surface area contributed by atoms with E-state index in [4.69, 9.17) is 0 Å². The average Bonchev–Trinajstić information content (AvgIpc) is 2.29. The molecule has 1 aromatic rings. The van der Waals surface area contributed by atoms with Gasteiger partial charge in [-0.05, 0) is 32.3 Å². The molecule has 1 aliphatic rings. The molecule has 0 aliphatic heterocycles. The van der Waals surface area contributed by atoms with Crippen LogP contribution < -0.4 is 5.32 Å². The molecule has 5 heteroatoms. The lowest BCUT2D eigenvalue weighted by molar-refractivity contribution is 0.0647. The number of nitrogens with one attached hydrogen (secondary N) is 1. The minimum atomic E-state index is -0.560. The van der Waals surface area contributed by atoms with Crippen molar-refractivity contribution in [2.75, 3.05) is 18.9 Å². The highest BCUT2D eigenvalue weighted by Crippen LogP contribution is 2.26. The molecule has 0 spiro atoms. The molecule has 4 nitrogen and oxygen atoms in total. The number of aromatic nitrogens is 1. The summed E-state index contributed by atoms with van der Waals surface area (Å²) in [5, 5.41) is 2.81. The molecule has 0 aromatic carbocycles. The van der Waals surface area contributed by atoms with E-state index in [9.17, 15) is 9.18 Å². The van der Waals surface area contributed by atoms with Crippen molar-refractivity contribution in [3.05, 3.63) is 23.6 Å².